The Morgan fingerprint density at radius 3 is 2.48 bits per heavy atom. The van der Waals surface area contributed by atoms with Crippen molar-refractivity contribution in [1.29, 1.82) is 0 Å². The normalized spacial score (nSPS) is 12.4. The molecule has 2 aromatic rings. The van der Waals surface area contributed by atoms with Crippen molar-refractivity contribution in [2.75, 3.05) is 19.0 Å². The predicted molar refractivity (Wildman–Crippen MR) is 86.4 cm³/mol. The van der Waals surface area contributed by atoms with E-state index < -0.39 is 23.9 Å². The number of nitrogens with one attached hydrogen (secondary N) is 2. The van der Waals surface area contributed by atoms with E-state index >= 15 is 0 Å². The molecule has 1 atom stereocenters. The molecule has 3 N–H and O–H groups in total. The van der Waals surface area contributed by atoms with E-state index in [1.807, 2.05) is 0 Å². The molecule has 0 aliphatic heterocycles. The second-order valence-corrected chi connectivity index (χ2v) is 5.20. The van der Waals surface area contributed by atoms with Crippen molar-refractivity contribution in [2.45, 2.75) is 12.3 Å². The Kier molecular flexibility index (Phi) is 5.87. The van der Waals surface area contributed by atoms with Crippen molar-refractivity contribution in [2.24, 2.45) is 0 Å². The molecule has 0 radical (unpaired) electrons. The van der Waals surface area contributed by atoms with Crippen LogP contribution in [0.3, 0.4) is 0 Å². The van der Waals surface area contributed by atoms with E-state index in [2.05, 4.69) is 10.6 Å². The first-order valence-electron chi connectivity index (χ1n) is 7.33. The Bertz CT molecular complexity index is 718. The number of methoxy groups -OCH3 is 1. The average molecular weight is 354 g/mol. The second-order valence-electron chi connectivity index (χ2n) is 5.20. The molecule has 0 aromatic heterocycles. The van der Waals surface area contributed by atoms with Crippen molar-refractivity contribution in [3.63, 3.8) is 0 Å². The molecule has 2 amide bonds. The maximum absolute atomic E-state index is 12.5. The summed E-state index contributed by atoms with van der Waals surface area (Å²) in [6.45, 7) is -0.152. The number of aliphatic hydroxyl groups is 1. The lowest BCUT2D eigenvalue weighted by Crippen LogP contribution is -2.32. The zero-order chi connectivity index (χ0) is 18.4. The Morgan fingerprint density at radius 1 is 1.20 bits per heavy atom. The summed E-state index contributed by atoms with van der Waals surface area (Å²) in [7, 11) is 1.50. The number of aliphatic hydroxyl groups excluding tert-OH is 1. The summed E-state index contributed by atoms with van der Waals surface area (Å²) in [5, 5.41) is 15.0. The minimum Gasteiger partial charge on any atom is -0.497 e. The molecule has 25 heavy (non-hydrogen) atoms. The van der Waals surface area contributed by atoms with Crippen molar-refractivity contribution in [3.8, 4) is 5.75 Å². The van der Waals surface area contributed by atoms with Crippen molar-refractivity contribution < 1.29 is 27.8 Å². The Hall–Kier alpha value is -2.74. The number of urea groups is 1. The first-order valence-corrected chi connectivity index (χ1v) is 7.33. The van der Waals surface area contributed by atoms with Gasteiger partial charge in [-0.25, -0.2) is 4.79 Å². The van der Waals surface area contributed by atoms with Crippen LogP contribution in [0, 0.1) is 0 Å². The molecular formula is C17H17F3N2O3. The fourth-order valence-corrected chi connectivity index (χ4v) is 2.08. The summed E-state index contributed by atoms with van der Waals surface area (Å²) in [5.74, 6) is 0.572. The number of rotatable bonds is 5. The second kappa shape index (κ2) is 7.89. The summed E-state index contributed by atoms with van der Waals surface area (Å²) in [5.41, 5.74) is -0.0253. The third-order valence-electron chi connectivity index (χ3n) is 3.41. The van der Waals surface area contributed by atoms with Crippen molar-refractivity contribution in [3.05, 3.63) is 59.7 Å². The molecule has 0 heterocycles. The van der Waals surface area contributed by atoms with Gasteiger partial charge in [0.25, 0.3) is 0 Å². The van der Waals surface area contributed by atoms with E-state index in [0.717, 1.165) is 12.1 Å². The lowest BCUT2D eigenvalue weighted by molar-refractivity contribution is -0.137. The largest absolute Gasteiger partial charge is 0.497 e. The van der Waals surface area contributed by atoms with Crippen LogP contribution in [0.15, 0.2) is 48.5 Å². The van der Waals surface area contributed by atoms with Crippen LogP contribution in [0.1, 0.15) is 17.2 Å². The maximum atomic E-state index is 12.5. The number of benzene rings is 2. The molecule has 5 nitrogen and oxygen atoms in total. The standard InChI is InChI=1S/C17H17F3N2O3/c1-25-14-4-2-3-13(9-14)22-16(24)21-10-15(23)11-5-7-12(8-6-11)17(18,19)20/h2-9,15,23H,10H2,1H3,(H2,21,22,24). The molecule has 0 saturated carbocycles. The van der Waals surface area contributed by atoms with Crippen LogP contribution in [0.5, 0.6) is 5.75 Å². The molecule has 0 bridgehead atoms. The van der Waals surface area contributed by atoms with Crippen molar-refractivity contribution >= 4 is 11.7 Å². The summed E-state index contributed by atoms with van der Waals surface area (Å²) >= 11 is 0. The summed E-state index contributed by atoms with van der Waals surface area (Å²) in [6.07, 6.45) is -5.56. The third kappa shape index (κ3) is 5.39. The highest BCUT2D eigenvalue weighted by atomic mass is 19.4. The lowest BCUT2D eigenvalue weighted by Gasteiger charge is -2.14. The molecule has 8 heteroatoms. The highest BCUT2D eigenvalue weighted by Gasteiger charge is 2.30. The van der Waals surface area contributed by atoms with Gasteiger partial charge in [-0.1, -0.05) is 18.2 Å². The highest BCUT2D eigenvalue weighted by molar-refractivity contribution is 5.89. The fraction of sp³-hybridized carbons (Fsp3) is 0.235. The topological polar surface area (TPSA) is 70.6 Å². The van der Waals surface area contributed by atoms with Gasteiger partial charge in [0.05, 0.1) is 18.8 Å². The van der Waals surface area contributed by atoms with Gasteiger partial charge in [-0.2, -0.15) is 13.2 Å². The number of hydrogen-bond donors (Lipinski definition) is 3. The van der Waals surface area contributed by atoms with Gasteiger partial charge in [0.2, 0.25) is 0 Å². The van der Waals surface area contributed by atoms with Gasteiger partial charge in [0.15, 0.2) is 0 Å². The minimum absolute atomic E-state index is 0.152. The Labute approximate surface area is 142 Å². The number of hydrogen-bond acceptors (Lipinski definition) is 3. The zero-order valence-electron chi connectivity index (χ0n) is 13.3. The van der Waals surface area contributed by atoms with E-state index in [4.69, 9.17) is 4.74 Å². The average Bonchev–Trinajstić information content (AvgIpc) is 2.59. The lowest BCUT2D eigenvalue weighted by atomic mass is 10.1. The molecule has 1 unspecified atom stereocenters. The van der Waals surface area contributed by atoms with Gasteiger partial charge < -0.3 is 20.5 Å². The molecule has 2 rings (SSSR count). The number of carbonyl (C=O) groups excluding carboxylic acids is 1. The van der Waals surface area contributed by atoms with E-state index in [1.165, 1.54) is 19.2 Å². The number of amides is 2. The molecule has 0 fully saturated rings. The van der Waals surface area contributed by atoms with Gasteiger partial charge in [0, 0.05) is 18.3 Å². The summed E-state index contributed by atoms with van der Waals surface area (Å²) in [4.78, 5) is 11.8. The SMILES string of the molecule is COc1cccc(NC(=O)NCC(O)c2ccc(C(F)(F)F)cc2)c1. The van der Waals surface area contributed by atoms with Crippen LogP contribution < -0.4 is 15.4 Å². The maximum Gasteiger partial charge on any atom is 0.416 e. The van der Waals surface area contributed by atoms with Crippen LogP contribution in [-0.4, -0.2) is 24.8 Å². The number of halogens is 3. The Morgan fingerprint density at radius 2 is 1.88 bits per heavy atom. The van der Waals surface area contributed by atoms with E-state index in [9.17, 15) is 23.1 Å². The predicted octanol–water partition coefficient (Wildman–Crippen LogP) is 3.57. The number of ether oxygens (including phenoxy) is 1. The van der Waals surface area contributed by atoms with Crippen molar-refractivity contribution in [1.82, 2.24) is 5.32 Å². The number of alkyl halides is 3. The van der Waals surface area contributed by atoms with E-state index in [0.29, 0.717) is 11.4 Å². The molecular weight excluding hydrogens is 337 g/mol. The van der Waals surface area contributed by atoms with E-state index in [-0.39, 0.29) is 12.1 Å². The summed E-state index contributed by atoms with van der Waals surface area (Å²) in [6, 6.07) is 10.3. The first-order chi connectivity index (χ1) is 11.8. The van der Waals surface area contributed by atoms with Gasteiger partial charge in [-0.15, -0.1) is 0 Å². The number of anilines is 1. The van der Waals surface area contributed by atoms with Crippen LogP contribution in [0.2, 0.25) is 0 Å². The molecule has 0 aliphatic rings. The minimum atomic E-state index is -4.43. The van der Waals surface area contributed by atoms with Gasteiger partial charge >= 0.3 is 12.2 Å². The molecule has 0 spiro atoms. The van der Waals surface area contributed by atoms with Crippen LogP contribution in [0.4, 0.5) is 23.7 Å². The molecule has 0 saturated heterocycles. The molecule has 134 valence electrons. The van der Waals surface area contributed by atoms with Gasteiger partial charge in [-0.3, -0.25) is 0 Å². The zero-order valence-corrected chi connectivity index (χ0v) is 13.3. The quantitative estimate of drug-likeness (QED) is 0.769. The van der Waals surface area contributed by atoms with Gasteiger partial charge in [-0.05, 0) is 29.8 Å². The van der Waals surface area contributed by atoms with Crippen LogP contribution >= 0.6 is 0 Å². The van der Waals surface area contributed by atoms with E-state index in [1.54, 1.807) is 24.3 Å². The van der Waals surface area contributed by atoms with Crippen LogP contribution in [0.25, 0.3) is 0 Å². The van der Waals surface area contributed by atoms with Gasteiger partial charge in [0.1, 0.15) is 5.75 Å². The third-order valence-corrected chi connectivity index (χ3v) is 3.41. The molecule has 0 aliphatic carbocycles. The fourth-order valence-electron chi connectivity index (χ4n) is 2.08. The highest BCUT2D eigenvalue weighted by Crippen LogP contribution is 2.29. The first kappa shape index (κ1) is 18.6. The smallest absolute Gasteiger partial charge is 0.416 e. The monoisotopic (exact) mass is 354 g/mol. The molecule has 2 aromatic carbocycles. The van der Waals surface area contributed by atoms with Crippen LogP contribution in [-0.2, 0) is 6.18 Å². The number of carbonyl (C=O) groups is 1. The Balaban J connectivity index is 1.88. The summed E-state index contributed by atoms with van der Waals surface area (Å²) < 4.78 is 42.5.